The first-order chi connectivity index (χ1) is 9.50. The molecule has 1 heterocycles. The van der Waals surface area contributed by atoms with Crippen molar-refractivity contribution in [3.8, 4) is 0 Å². The van der Waals surface area contributed by atoms with Crippen molar-refractivity contribution >= 4 is 15.7 Å². The zero-order chi connectivity index (χ0) is 16.4. The van der Waals surface area contributed by atoms with E-state index in [9.17, 15) is 13.2 Å². The Balaban J connectivity index is 2.90. The van der Waals surface area contributed by atoms with E-state index in [0.29, 0.717) is 17.0 Å². The van der Waals surface area contributed by atoms with Crippen LogP contribution in [-0.2, 0) is 20.4 Å². The Morgan fingerprint density at radius 3 is 2.38 bits per heavy atom. The minimum absolute atomic E-state index is 0.241. The molecular formula is C14H24N2O4S. The maximum atomic E-state index is 12.4. The first-order valence-corrected chi connectivity index (χ1v) is 8.67. The fourth-order valence-electron chi connectivity index (χ4n) is 1.72. The second kappa shape index (κ2) is 6.17. The molecule has 6 nitrogen and oxygen atoms in total. The third-order valence-corrected chi connectivity index (χ3v) is 5.76. The standard InChI is InChI=1S/C14H24N2O4S/c1-7-14(5,6)15-13(17)11(4)21(18,19)8-12-9(2)16-20-10(12)3/h11H,7-8H2,1-6H3,(H,15,17)/t11-/m0/s1. The van der Waals surface area contributed by atoms with Gasteiger partial charge in [0, 0.05) is 11.1 Å². The van der Waals surface area contributed by atoms with Crippen LogP contribution in [0.1, 0.15) is 51.1 Å². The van der Waals surface area contributed by atoms with Gasteiger partial charge in [-0.3, -0.25) is 4.79 Å². The highest BCUT2D eigenvalue weighted by Crippen LogP contribution is 2.19. The molecular weight excluding hydrogens is 292 g/mol. The van der Waals surface area contributed by atoms with E-state index in [2.05, 4.69) is 10.5 Å². The fraction of sp³-hybridized carbons (Fsp3) is 0.714. The van der Waals surface area contributed by atoms with Crippen molar-refractivity contribution in [2.75, 3.05) is 0 Å². The molecule has 1 atom stereocenters. The molecule has 120 valence electrons. The molecule has 0 fully saturated rings. The number of amides is 1. The van der Waals surface area contributed by atoms with Gasteiger partial charge in [-0.05, 0) is 41.0 Å². The molecule has 0 saturated carbocycles. The van der Waals surface area contributed by atoms with Crippen LogP contribution >= 0.6 is 0 Å². The summed E-state index contributed by atoms with van der Waals surface area (Å²) < 4.78 is 29.7. The zero-order valence-corrected chi connectivity index (χ0v) is 14.3. The number of aryl methyl sites for hydroxylation is 2. The van der Waals surface area contributed by atoms with Crippen LogP contribution in [0.15, 0.2) is 4.52 Å². The number of rotatable bonds is 6. The molecule has 0 aliphatic rings. The molecule has 0 aliphatic carbocycles. The number of nitrogens with one attached hydrogen (secondary N) is 1. The summed E-state index contributed by atoms with van der Waals surface area (Å²) in [5, 5.41) is 5.39. The summed E-state index contributed by atoms with van der Waals surface area (Å²) in [6.07, 6.45) is 0.718. The predicted molar refractivity (Wildman–Crippen MR) is 80.6 cm³/mol. The van der Waals surface area contributed by atoms with Crippen molar-refractivity contribution in [2.24, 2.45) is 0 Å². The third-order valence-electron chi connectivity index (χ3n) is 3.78. The van der Waals surface area contributed by atoms with E-state index in [1.165, 1.54) is 6.92 Å². The van der Waals surface area contributed by atoms with Crippen LogP contribution in [0, 0.1) is 13.8 Å². The van der Waals surface area contributed by atoms with Gasteiger partial charge in [-0.15, -0.1) is 0 Å². The maximum absolute atomic E-state index is 12.4. The Morgan fingerprint density at radius 1 is 1.38 bits per heavy atom. The summed E-state index contributed by atoms with van der Waals surface area (Å²) in [5.74, 6) is -0.249. The smallest absolute Gasteiger partial charge is 0.238 e. The van der Waals surface area contributed by atoms with Crippen LogP contribution in [0.25, 0.3) is 0 Å². The molecule has 1 N–H and O–H groups in total. The van der Waals surface area contributed by atoms with Gasteiger partial charge in [0.05, 0.1) is 11.4 Å². The highest BCUT2D eigenvalue weighted by atomic mass is 32.2. The number of nitrogens with zero attached hydrogens (tertiary/aromatic N) is 1. The Kier molecular flexibility index (Phi) is 5.20. The molecule has 7 heteroatoms. The molecule has 0 radical (unpaired) electrons. The van der Waals surface area contributed by atoms with E-state index in [4.69, 9.17) is 4.52 Å². The van der Waals surface area contributed by atoms with Crippen LogP contribution in [-0.4, -0.2) is 30.3 Å². The molecule has 21 heavy (non-hydrogen) atoms. The first-order valence-electron chi connectivity index (χ1n) is 6.95. The SMILES string of the molecule is CCC(C)(C)NC(=O)[C@H](C)S(=O)(=O)Cc1c(C)noc1C. The molecule has 0 aromatic carbocycles. The minimum atomic E-state index is -3.62. The van der Waals surface area contributed by atoms with Gasteiger partial charge in [0.2, 0.25) is 5.91 Å². The monoisotopic (exact) mass is 316 g/mol. The third kappa shape index (κ3) is 4.30. The zero-order valence-electron chi connectivity index (χ0n) is 13.5. The van der Waals surface area contributed by atoms with E-state index in [-0.39, 0.29) is 5.75 Å². The lowest BCUT2D eigenvalue weighted by atomic mass is 10.0. The van der Waals surface area contributed by atoms with Gasteiger partial charge in [-0.2, -0.15) is 0 Å². The van der Waals surface area contributed by atoms with Gasteiger partial charge in [0.1, 0.15) is 11.0 Å². The highest BCUT2D eigenvalue weighted by molar-refractivity contribution is 7.92. The maximum Gasteiger partial charge on any atom is 0.238 e. The topological polar surface area (TPSA) is 89.3 Å². The molecule has 0 bridgehead atoms. The number of sulfone groups is 1. The predicted octanol–water partition coefficient (Wildman–Crippen LogP) is 1.90. The van der Waals surface area contributed by atoms with Crippen LogP contribution < -0.4 is 5.32 Å². The summed E-state index contributed by atoms with van der Waals surface area (Å²) in [7, 11) is -3.62. The molecule has 0 spiro atoms. The molecule has 1 aromatic heterocycles. The van der Waals surface area contributed by atoms with E-state index >= 15 is 0 Å². The van der Waals surface area contributed by atoms with E-state index in [1.807, 2.05) is 20.8 Å². The van der Waals surface area contributed by atoms with Gasteiger partial charge in [0.15, 0.2) is 9.84 Å². The normalized spacial score (nSPS) is 14.0. The number of carbonyl (C=O) groups excluding carboxylic acids is 1. The Morgan fingerprint density at radius 2 is 1.95 bits per heavy atom. The van der Waals surface area contributed by atoms with E-state index in [0.717, 1.165) is 6.42 Å². The van der Waals surface area contributed by atoms with Crippen molar-refractivity contribution in [1.29, 1.82) is 0 Å². The second-order valence-corrected chi connectivity index (χ2v) is 8.30. The summed E-state index contributed by atoms with van der Waals surface area (Å²) in [4.78, 5) is 12.1. The van der Waals surface area contributed by atoms with Gasteiger partial charge < -0.3 is 9.84 Å². The number of carbonyl (C=O) groups is 1. The fourth-order valence-corrected chi connectivity index (χ4v) is 3.17. The van der Waals surface area contributed by atoms with Gasteiger partial charge in [-0.25, -0.2) is 8.42 Å². The largest absolute Gasteiger partial charge is 0.361 e. The molecule has 0 unspecified atom stereocenters. The van der Waals surface area contributed by atoms with Crippen molar-refractivity contribution in [3.05, 3.63) is 17.0 Å². The quantitative estimate of drug-likeness (QED) is 0.865. The molecule has 1 rings (SSSR count). The van der Waals surface area contributed by atoms with Crippen molar-refractivity contribution in [1.82, 2.24) is 10.5 Å². The lowest BCUT2D eigenvalue weighted by Gasteiger charge is -2.26. The van der Waals surface area contributed by atoms with Crippen molar-refractivity contribution < 1.29 is 17.7 Å². The summed E-state index contributed by atoms with van der Waals surface area (Å²) in [6, 6.07) is 0. The first kappa shape index (κ1) is 17.7. The molecule has 1 aromatic rings. The number of aromatic nitrogens is 1. The highest BCUT2D eigenvalue weighted by Gasteiger charge is 2.32. The van der Waals surface area contributed by atoms with E-state index in [1.54, 1.807) is 13.8 Å². The average Bonchev–Trinajstić information content (AvgIpc) is 2.68. The summed E-state index contributed by atoms with van der Waals surface area (Å²) in [5.41, 5.74) is 0.645. The summed E-state index contributed by atoms with van der Waals surface area (Å²) in [6.45, 7) is 10.4. The number of hydrogen-bond acceptors (Lipinski definition) is 5. The second-order valence-electron chi connectivity index (χ2n) is 5.98. The molecule has 1 amide bonds. The van der Waals surface area contributed by atoms with E-state index < -0.39 is 26.5 Å². The Labute approximate surface area is 126 Å². The van der Waals surface area contributed by atoms with Crippen molar-refractivity contribution in [3.63, 3.8) is 0 Å². The van der Waals surface area contributed by atoms with Crippen LogP contribution in [0.5, 0.6) is 0 Å². The lowest BCUT2D eigenvalue weighted by molar-refractivity contribution is -0.122. The van der Waals surface area contributed by atoms with Crippen LogP contribution in [0.2, 0.25) is 0 Å². The number of hydrogen-bond donors (Lipinski definition) is 1. The Hall–Kier alpha value is -1.37. The lowest BCUT2D eigenvalue weighted by Crippen LogP contribution is -2.48. The summed E-state index contributed by atoms with van der Waals surface area (Å²) >= 11 is 0. The molecule has 0 aliphatic heterocycles. The molecule has 0 saturated heterocycles. The minimum Gasteiger partial charge on any atom is -0.361 e. The Bertz CT molecular complexity index is 597. The average molecular weight is 316 g/mol. The van der Waals surface area contributed by atoms with Crippen LogP contribution in [0.4, 0.5) is 0 Å². The van der Waals surface area contributed by atoms with Crippen molar-refractivity contribution in [2.45, 2.75) is 64.5 Å². The van der Waals surface area contributed by atoms with Crippen LogP contribution in [0.3, 0.4) is 0 Å². The van der Waals surface area contributed by atoms with Gasteiger partial charge >= 0.3 is 0 Å². The van der Waals surface area contributed by atoms with Gasteiger partial charge in [-0.1, -0.05) is 12.1 Å². The van der Waals surface area contributed by atoms with Gasteiger partial charge in [0.25, 0.3) is 0 Å².